The molecule has 1 heterocycles. The van der Waals surface area contributed by atoms with Crippen LogP contribution in [0.3, 0.4) is 0 Å². The van der Waals surface area contributed by atoms with Crippen molar-refractivity contribution in [3.05, 3.63) is 17.9 Å². The lowest BCUT2D eigenvalue weighted by atomic mass is 10.5. The fourth-order valence-electron chi connectivity index (χ4n) is 1.10. The first-order valence-corrected chi connectivity index (χ1v) is 6.77. The summed E-state index contributed by atoms with van der Waals surface area (Å²) in [4.78, 5) is 11.1. The van der Waals surface area contributed by atoms with Crippen molar-refractivity contribution in [2.45, 2.75) is 13.8 Å². The van der Waals surface area contributed by atoms with E-state index in [4.69, 9.17) is 18.0 Å². The molecule has 0 spiro atoms. The number of carbonyl (C=O) groups excluding carboxylic acids is 1. The third kappa shape index (κ3) is 3.87. The molecular formula is C10H15O7P. The molecule has 7 nitrogen and oxygen atoms in total. The second-order valence-electron chi connectivity index (χ2n) is 2.98. The second kappa shape index (κ2) is 6.58. The highest BCUT2D eigenvalue weighted by Crippen LogP contribution is 2.49. The molecule has 1 aromatic heterocycles. The lowest BCUT2D eigenvalue weighted by Gasteiger charge is -2.14. The fourth-order valence-corrected chi connectivity index (χ4v) is 2.23. The highest BCUT2D eigenvalue weighted by atomic mass is 31.2. The Morgan fingerprint density at radius 3 is 2.39 bits per heavy atom. The lowest BCUT2D eigenvalue weighted by molar-refractivity contribution is 0.0558. The van der Waals surface area contributed by atoms with Gasteiger partial charge in [-0.25, -0.2) is 9.36 Å². The van der Waals surface area contributed by atoms with Gasteiger partial charge in [-0.05, 0) is 19.9 Å². The number of rotatable bonds is 7. The highest BCUT2D eigenvalue weighted by Gasteiger charge is 2.29. The molecule has 1 aromatic rings. The van der Waals surface area contributed by atoms with Gasteiger partial charge in [0.05, 0.1) is 20.3 Å². The zero-order valence-electron chi connectivity index (χ0n) is 10.4. The number of phosphoric acid groups is 1. The molecule has 1 rings (SSSR count). The number of ether oxygens (including phenoxy) is 1. The van der Waals surface area contributed by atoms with Crippen LogP contribution < -0.4 is 4.52 Å². The van der Waals surface area contributed by atoms with Crippen molar-refractivity contribution in [1.82, 2.24) is 0 Å². The molecule has 0 fully saturated rings. The molecule has 0 aliphatic rings. The third-order valence-electron chi connectivity index (χ3n) is 1.74. The topological polar surface area (TPSA) is 84.2 Å². The maximum absolute atomic E-state index is 12.0. The number of phosphoric ester groups is 1. The minimum Gasteiger partial charge on any atom is -0.463 e. The summed E-state index contributed by atoms with van der Waals surface area (Å²) in [7, 11) is -2.49. The Labute approximate surface area is 105 Å². The number of hydrogen-bond acceptors (Lipinski definition) is 7. The van der Waals surface area contributed by atoms with Crippen LogP contribution >= 0.6 is 7.82 Å². The molecular weight excluding hydrogens is 263 g/mol. The van der Waals surface area contributed by atoms with Gasteiger partial charge in [0, 0.05) is 6.07 Å². The Balaban J connectivity index is 2.78. The van der Waals surface area contributed by atoms with Crippen LogP contribution in [-0.4, -0.2) is 26.3 Å². The van der Waals surface area contributed by atoms with Gasteiger partial charge in [-0.1, -0.05) is 0 Å². The van der Waals surface area contributed by atoms with Gasteiger partial charge in [-0.15, -0.1) is 0 Å². The summed E-state index contributed by atoms with van der Waals surface area (Å²) in [5, 5.41) is 0. The number of hydrogen-bond donors (Lipinski definition) is 0. The normalized spacial score (nSPS) is 11.3. The first-order chi connectivity index (χ1) is 8.54. The monoisotopic (exact) mass is 278 g/mol. The maximum atomic E-state index is 12.0. The molecule has 0 unspecified atom stereocenters. The van der Waals surface area contributed by atoms with Crippen LogP contribution in [0.1, 0.15) is 24.4 Å². The van der Waals surface area contributed by atoms with E-state index < -0.39 is 13.8 Å². The molecule has 0 aliphatic carbocycles. The molecule has 0 aliphatic heterocycles. The van der Waals surface area contributed by atoms with Gasteiger partial charge in [-0.2, -0.15) is 0 Å². The average Bonchev–Trinajstić information content (AvgIpc) is 2.76. The zero-order valence-corrected chi connectivity index (χ0v) is 11.3. The summed E-state index contributed by atoms with van der Waals surface area (Å²) in [6, 6.07) is 2.67. The molecule has 0 radical (unpaired) electrons. The number of esters is 1. The quantitative estimate of drug-likeness (QED) is 0.559. The molecule has 0 saturated heterocycles. The Morgan fingerprint density at radius 2 is 1.89 bits per heavy atom. The molecule has 0 aromatic carbocycles. The van der Waals surface area contributed by atoms with E-state index in [9.17, 15) is 9.36 Å². The van der Waals surface area contributed by atoms with Crippen molar-refractivity contribution in [3.63, 3.8) is 0 Å². The average molecular weight is 278 g/mol. The largest absolute Gasteiger partial charge is 0.532 e. The zero-order chi connectivity index (χ0) is 13.6. The van der Waals surface area contributed by atoms with Crippen molar-refractivity contribution < 1.29 is 32.1 Å². The second-order valence-corrected chi connectivity index (χ2v) is 4.58. The van der Waals surface area contributed by atoms with Crippen LogP contribution in [0, 0.1) is 0 Å². The van der Waals surface area contributed by atoms with E-state index >= 15 is 0 Å². The standard InChI is InChI=1S/C10H15O7P/c1-4-14-18(12,15-5-2)17-9-7-6-8(16-9)10(11)13-3/h6-7H,4-5H2,1-3H3. The van der Waals surface area contributed by atoms with Crippen molar-refractivity contribution in [2.75, 3.05) is 20.3 Å². The Bertz CT molecular complexity index is 429. The van der Waals surface area contributed by atoms with E-state index in [1.165, 1.54) is 19.2 Å². The van der Waals surface area contributed by atoms with Crippen molar-refractivity contribution in [3.8, 4) is 5.95 Å². The van der Waals surface area contributed by atoms with Crippen LogP contribution in [0.5, 0.6) is 5.95 Å². The number of furan rings is 1. The number of methoxy groups -OCH3 is 1. The van der Waals surface area contributed by atoms with Crippen molar-refractivity contribution in [2.24, 2.45) is 0 Å². The van der Waals surface area contributed by atoms with Crippen molar-refractivity contribution >= 4 is 13.8 Å². The molecule has 0 bridgehead atoms. The molecule has 102 valence electrons. The summed E-state index contributed by atoms with van der Waals surface area (Å²) in [6.07, 6.45) is 0. The minimum absolute atomic E-state index is 0.0629. The first kappa shape index (κ1) is 14.8. The molecule has 0 N–H and O–H groups in total. The highest BCUT2D eigenvalue weighted by molar-refractivity contribution is 7.48. The Morgan fingerprint density at radius 1 is 1.28 bits per heavy atom. The Hall–Kier alpha value is -1.30. The number of carbonyl (C=O) groups is 1. The molecule has 0 atom stereocenters. The summed E-state index contributed by atoms with van der Waals surface area (Å²) in [6.45, 7) is 3.61. The molecule has 18 heavy (non-hydrogen) atoms. The first-order valence-electron chi connectivity index (χ1n) is 5.31. The van der Waals surface area contributed by atoms with Crippen LogP contribution in [0.2, 0.25) is 0 Å². The van der Waals surface area contributed by atoms with Crippen LogP contribution in [0.25, 0.3) is 0 Å². The van der Waals surface area contributed by atoms with Crippen LogP contribution in [0.4, 0.5) is 0 Å². The van der Waals surface area contributed by atoms with Gasteiger partial charge in [0.1, 0.15) is 0 Å². The third-order valence-corrected chi connectivity index (χ3v) is 3.30. The Kier molecular flexibility index (Phi) is 5.40. The van der Waals surface area contributed by atoms with E-state index in [1.807, 2.05) is 0 Å². The van der Waals surface area contributed by atoms with E-state index in [0.717, 1.165) is 0 Å². The van der Waals surface area contributed by atoms with Crippen molar-refractivity contribution in [1.29, 1.82) is 0 Å². The van der Waals surface area contributed by atoms with E-state index in [2.05, 4.69) is 4.74 Å². The van der Waals surface area contributed by atoms with Gasteiger partial charge in [0.25, 0.3) is 5.95 Å². The summed E-state index contributed by atoms with van der Waals surface area (Å²) in [5.41, 5.74) is 0. The fraction of sp³-hybridized carbons (Fsp3) is 0.500. The van der Waals surface area contributed by atoms with Gasteiger partial charge < -0.3 is 13.7 Å². The van der Waals surface area contributed by atoms with Gasteiger partial charge in [0.15, 0.2) is 0 Å². The maximum Gasteiger partial charge on any atom is 0.532 e. The summed E-state index contributed by atoms with van der Waals surface area (Å²) < 4.78 is 36.2. The van der Waals surface area contributed by atoms with E-state index in [-0.39, 0.29) is 24.9 Å². The molecule has 0 saturated carbocycles. The predicted octanol–water partition coefficient (Wildman–Crippen LogP) is 2.63. The smallest absolute Gasteiger partial charge is 0.463 e. The summed E-state index contributed by atoms with van der Waals surface area (Å²) in [5.74, 6) is -0.861. The van der Waals surface area contributed by atoms with Gasteiger partial charge in [-0.3, -0.25) is 9.05 Å². The predicted molar refractivity (Wildman–Crippen MR) is 61.5 cm³/mol. The SMILES string of the molecule is CCOP(=O)(OCC)Oc1ccc(C(=O)OC)o1. The molecule has 8 heteroatoms. The molecule has 0 amide bonds. The van der Waals surface area contributed by atoms with E-state index in [1.54, 1.807) is 13.8 Å². The lowest BCUT2D eigenvalue weighted by Crippen LogP contribution is -2.02. The van der Waals surface area contributed by atoms with Gasteiger partial charge in [0.2, 0.25) is 5.76 Å². The van der Waals surface area contributed by atoms with Crippen LogP contribution in [0.15, 0.2) is 16.5 Å². The van der Waals surface area contributed by atoms with Gasteiger partial charge >= 0.3 is 13.8 Å². The van der Waals surface area contributed by atoms with E-state index in [0.29, 0.717) is 0 Å². The minimum atomic E-state index is -3.71. The summed E-state index contributed by atoms with van der Waals surface area (Å²) >= 11 is 0. The van der Waals surface area contributed by atoms with Crippen LogP contribution in [-0.2, 0) is 18.3 Å².